The molecule has 2 N–H and O–H groups in total. The number of benzene rings is 4. The molecule has 0 unspecified atom stereocenters. The van der Waals surface area contributed by atoms with E-state index in [9.17, 15) is 36.3 Å². The summed E-state index contributed by atoms with van der Waals surface area (Å²) in [6.07, 6.45) is -0.314. The van der Waals surface area contributed by atoms with E-state index in [0.29, 0.717) is 33.6 Å². The molecule has 0 fully saturated rings. The van der Waals surface area contributed by atoms with Gasteiger partial charge in [0.05, 0.1) is 64.2 Å². The van der Waals surface area contributed by atoms with Crippen LogP contribution in [0.2, 0.25) is 19.6 Å². The maximum absolute atomic E-state index is 12.9. The van der Waals surface area contributed by atoms with E-state index in [2.05, 4.69) is 54.6 Å². The Kier molecular flexibility index (Phi) is 22.0. The summed E-state index contributed by atoms with van der Waals surface area (Å²) < 4.78 is 107. The number of hydrogen-bond acceptors (Lipinski definition) is 12. The van der Waals surface area contributed by atoms with Gasteiger partial charge >= 0.3 is 28.4 Å². The van der Waals surface area contributed by atoms with Crippen LogP contribution >= 0.6 is 30.5 Å². The predicted molar refractivity (Wildman–Crippen MR) is 268 cm³/mol. The minimum absolute atomic E-state index is 0.0538. The van der Waals surface area contributed by atoms with Gasteiger partial charge in [-0.05, 0) is 84.6 Å². The van der Waals surface area contributed by atoms with Gasteiger partial charge in [-0.25, -0.2) is 9.36 Å². The van der Waals surface area contributed by atoms with Gasteiger partial charge in [0.15, 0.2) is 23.0 Å². The molecule has 2 aromatic heterocycles. The zero-order valence-corrected chi connectivity index (χ0v) is 44.2. The maximum atomic E-state index is 12.9. The Bertz CT molecular complexity index is 2910. The van der Waals surface area contributed by atoms with Crippen molar-refractivity contribution in [2.75, 3.05) is 27.4 Å². The number of ether oxygens (including phenoxy) is 4. The van der Waals surface area contributed by atoms with E-state index in [1.54, 1.807) is 56.3 Å². The lowest BCUT2D eigenvalue weighted by atomic mass is 10.1. The molecule has 16 nitrogen and oxygen atoms in total. The third kappa shape index (κ3) is 19.9. The molecule has 0 saturated carbocycles. The third-order valence-electron chi connectivity index (χ3n) is 9.15. The summed E-state index contributed by atoms with van der Waals surface area (Å²) >= 11 is 3.51. The van der Waals surface area contributed by atoms with Crippen molar-refractivity contribution in [1.29, 1.82) is 0 Å². The Morgan fingerprint density at radius 3 is 1.32 bits per heavy atom. The zero-order chi connectivity index (χ0) is 52.5. The molecular formula is C47H55BrF4N4O12P2Si. The summed E-state index contributed by atoms with van der Waals surface area (Å²) in [7, 11) is -4.84. The van der Waals surface area contributed by atoms with Crippen LogP contribution in [0.15, 0.2) is 119 Å². The first-order valence-corrected chi connectivity index (χ1v) is 30.9. The number of alkyl halides is 4. The highest BCUT2D eigenvalue weighted by Crippen LogP contribution is 2.51. The standard InChI is InChI=1S/C24H27F2N2O6P.C20H19F2N2O6P.C3H9BrSi/c1-4-32-35(30,33-5-2)16-18-8-6-7-17(13-18)15-28-23(29)12-10-20(27-28)19-9-11-21(31-3)22(14-19)34-24(25)26;1-29-17-7-5-15(10-18(17)30-20(21)22)16-6-8-19(25)24(23-16)11-13-3-2-4-14(9-13)12-31(26,27)28;1-5(2,3)4/h6-14,24H,4-5,15-16H2,1-3H3;2-10,20H,11-12H2,1H3,(H2,26,27,28);1-3H3. The van der Waals surface area contributed by atoms with E-state index >= 15 is 0 Å². The summed E-state index contributed by atoms with van der Waals surface area (Å²) in [4.78, 5) is 43.0. The van der Waals surface area contributed by atoms with E-state index < -0.39 is 46.8 Å². The quantitative estimate of drug-likeness (QED) is 0.0317. The van der Waals surface area contributed by atoms with Crippen LogP contribution in [-0.4, -0.2) is 76.7 Å². The molecule has 71 heavy (non-hydrogen) atoms. The van der Waals surface area contributed by atoms with Gasteiger partial charge in [0.1, 0.15) is 6.69 Å². The Hall–Kier alpha value is -5.44. The van der Waals surface area contributed by atoms with Crippen molar-refractivity contribution in [2.45, 2.75) is 72.1 Å². The number of methoxy groups -OCH3 is 2. The highest BCUT2D eigenvalue weighted by atomic mass is 79.9. The maximum Gasteiger partial charge on any atom is 0.387 e. The van der Waals surface area contributed by atoms with Crippen molar-refractivity contribution in [3.8, 4) is 45.5 Å². The minimum Gasteiger partial charge on any atom is -0.493 e. The number of hydrogen-bond donors (Lipinski definition) is 2. The normalized spacial score (nSPS) is 11.6. The monoisotopic (exact) mass is 1110 g/mol. The third-order valence-corrected chi connectivity index (χ3v) is 12.0. The molecule has 0 aliphatic heterocycles. The largest absolute Gasteiger partial charge is 0.493 e. The molecule has 6 rings (SSSR count). The van der Waals surface area contributed by atoms with Gasteiger partial charge in [0, 0.05) is 23.3 Å². The van der Waals surface area contributed by atoms with Crippen molar-refractivity contribution in [3.05, 3.63) is 152 Å². The number of nitrogens with zero attached hydrogens (tertiary/aromatic N) is 4. The second kappa shape index (κ2) is 26.8. The number of aromatic nitrogens is 4. The van der Waals surface area contributed by atoms with E-state index in [-0.39, 0.29) is 61.0 Å². The van der Waals surface area contributed by atoms with Crippen LogP contribution < -0.4 is 30.1 Å². The lowest BCUT2D eigenvalue weighted by Gasteiger charge is -2.17. The molecule has 0 bridgehead atoms. The van der Waals surface area contributed by atoms with Crippen molar-refractivity contribution in [1.82, 2.24) is 19.6 Å². The van der Waals surface area contributed by atoms with Crippen LogP contribution in [0, 0.1) is 0 Å². The van der Waals surface area contributed by atoms with E-state index in [1.807, 2.05) is 18.2 Å². The summed E-state index contributed by atoms with van der Waals surface area (Å²) in [6, 6.07) is 28.2. The van der Waals surface area contributed by atoms with Gasteiger partial charge in [-0.2, -0.15) is 27.8 Å². The molecular weight excluding hydrogens is 1060 g/mol. The molecule has 0 radical (unpaired) electrons. The average Bonchev–Trinajstić information content (AvgIpc) is 3.27. The molecule has 0 atom stereocenters. The topological polar surface area (TPSA) is 200 Å². The first-order chi connectivity index (χ1) is 33.4. The fraction of sp³-hybridized carbons (Fsp3) is 0.319. The molecule has 384 valence electrons. The van der Waals surface area contributed by atoms with Crippen LogP contribution in [0.1, 0.15) is 36.1 Å². The van der Waals surface area contributed by atoms with Crippen LogP contribution in [-0.2, 0) is 43.6 Å². The van der Waals surface area contributed by atoms with Gasteiger partial charge in [-0.15, -0.1) is 15.3 Å². The Labute approximate surface area is 416 Å². The molecule has 2 heterocycles. The molecule has 0 saturated heterocycles. The highest BCUT2D eigenvalue weighted by Gasteiger charge is 2.24. The van der Waals surface area contributed by atoms with Gasteiger partial charge < -0.3 is 37.8 Å². The van der Waals surface area contributed by atoms with Gasteiger partial charge in [-0.3, -0.25) is 18.7 Å². The Balaban J connectivity index is 0.000000283. The lowest BCUT2D eigenvalue weighted by molar-refractivity contribution is -0.0518. The fourth-order valence-corrected chi connectivity index (χ4v) is 8.82. The number of halogens is 5. The van der Waals surface area contributed by atoms with E-state index in [0.717, 1.165) is 11.1 Å². The van der Waals surface area contributed by atoms with Crippen LogP contribution in [0.3, 0.4) is 0 Å². The minimum atomic E-state index is -4.23. The number of rotatable bonds is 20. The van der Waals surface area contributed by atoms with E-state index in [1.165, 1.54) is 72.1 Å². The summed E-state index contributed by atoms with van der Waals surface area (Å²) in [5, 5.41) is 8.68. The molecule has 0 spiro atoms. The smallest absolute Gasteiger partial charge is 0.387 e. The summed E-state index contributed by atoms with van der Waals surface area (Å²) in [5.41, 5.74) is 3.43. The first-order valence-electron chi connectivity index (χ1n) is 21.6. The zero-order valence-electron chi connectivity index (χ0n) is 39.8. The second-order valence-corrected chi connectivity index (χ2v) is 31.0. The fourth-order valence-electron chi connectivity index (χ4n) is 6.46. The lowest BCUT2D eigenvalue weighted by Crippen LogP contribution is -2.22. The van der Waals surface area contributed by atoms with Gasteiger partial charge in [-0.1, -0.05) is 68.2 Å². The van der Waals surface area contributed by atoms with Crippen LogP contribution in [0.25, 0.3) is 22.5 Å². The van der Waals surface area contributed by atoms with Crippen molar-refractivity contribution in [2.24, 2.45) is 0 Å². The molecule has 6 aromatic rings. The Morgan fingerprint density at radius 2 is 0.972 bits per heavy atom. The van der Waals surface area contributed by atoms with Crippen LogP contribution in [0.4, 0.5) is 17.6 Å². The summed E-state index contributed by atoms with van der Waals surface area (Å²) in [5.74, 6) is -0.0326. The molecule has 4 aromatic carbocycles. The first kappa shape index (κ1) is 58.1. The average molecular weight is 1110 g/mol. The molecule has 0 amide bonds. The summed E-state index contributed by atoms with van der Waals surface area (Å²) in [6.45, 7) is 4.09. The molecule has 24 heteroatoms. The van der Waals surface area contributed by atoms with Crippen LogP contribution in [0.5, 0.6) is 23.0 Å². The van der Waals surface area contributed by atoms with E-state index in [4.69, 9.17) is 28.3 Å². The van der Waals surface area contributed by atoms with Crippen molar-refractivity contribution in [3.63, 3.8) is 0 Å². The van der Waals surface area contributed by atoms with Gasteiger partial charge in [0.25, 0.3) is 11.1 Å². The predicted octanol–water partition coefficient (Wildman–Crippen LogP) is 10.8. The molecule has 0 aliphatic carbocycles. The second-order valence-electron chi connectivity index (χ2n) is 16.1. The van der Waals surface area contributed by atoms with Gasteiger partial charge in [0.2, 0.25) is 0 Å². The highest BCUT2D eigenvalue weighted by molar-refractivity contribution is 9.26. The SMILES string of the molecule is CCOP(=O)(Cc1cccc(Cn2nc(-c3ccc(OC)c(OC(F)F)c3)ccc2=O)c1)OCC.COc1ccc(-c2ccc(=O)n(Cc3cccc(CP(=O)(O)O)c3)n2)cc1OC(F)F.C[Si](C)(C)Br. The van der Waals surface area contributed by atoms with Crippen molar-refractivity contribution < 1.29 is 64.5 Å². The Morgan fingerprint density at radius 1 is 0.592 bits per heavy atom. The van der Waals surface area contributed by atoms with Crippen molar-refractivity contribution >= 4 is 37.2 Å². The molecule has 0 aliphatic rings.